The molecule has 27 heavy (non-hydrogen) atoms. The quantitative estimate of drug-likeness (QED) is 0.662. The van der Waals surface area contributed by atoms with E-state index in [1.165, 1.54) is 12.8 Å². The molecule has 0 spiro atoms. The van der Waals surface area contributed by atoms with Crippen LogP contribution in [0.1, 0.15) is 75.5 Å². The minimum atomic E-state index is -0.161. The van der Waals surface area contributed by atoms with Gasteiger partial charge in [-0.3, -0.25) is 14.6 Å². The van der Waals surface area contributed by atoms with E-state index in [0.29, 0.717) is 11.4 Å². The molecule has 2 fully saturated rings. The molecule has 0 unspecified atom stereocenters. The summed E-state index contributed by atoms with van der Waals surface area (Å²) < 4.78 is 11.1. The van der Waals surface area contributed by atoms with Gasteiger partial charge >= 0.3 is 11.9 Å². The third-order valence-corrected chi connectivity index (χ3v) is 5.57. The standard InChI is InChI=1S/C21H29NO4.ClH/c1-15-19(26-21(24)18-10-6-3-7-11-18)12-16(13-22-15)14-25-20(23)17-8-4-2-5-9-17;/h12-13,17-18H,2-11,14H2,1H3;1H. The fourth-order valence-corrected chi connectivity index (χ4v) is 3.88. The Morgan fingerprint density at radius 3 is 2.11 bits per heavy atom. The maximum Gasteiger partial charge on any atom is 0.314 e. The molecule has 1 heterocycles. The number of hydrogen-bond acceptors (Lipinski definition) is 5. The molecule has 1 aromatic rings. The van der Waals surface area contributed by atoms with Gasteiger partial charge in [-0.2, -0.15) is 0 Å². The molecule has 5 nitrogen and oxygen atoms in total. The average molecular weight is 396 g/mol. The highest BCUT2D eigenvalue weighted by Crippen LogP contribution is 2.27. The predicted octanol–water partition coefficient (Wildman–Crippen LogP) is 4.92. The number of esters is 2. The summed E-state index contributed by atoms with van der Waals surface area (Å²) in [5, 5.41) is 0. The molecule has 0 N–H and O–H groups in total. The van der Waals surface area contributed by atoms with E-state index in [2.05, 4.69) is 4.98 Å². The van der Waals surface area contributed by atoms with Crippen molar-refractivity contribution < 1.29 is 19.1 Å². The van der Waals surface area contributed by atoms with E-state index in [-0.39, 0.29) is 42.8 Å². The Labute approximate surface area is 167 Å². The summed E-state index contributed by atoms with van der Waals surface area (Å²) in [5.74, 6) is 0.227. The Morgan fingerprint density at radius 2 is 1.52 bits per heavy atom. The molecule has 6 heteroatoms. The van der Waals surface area contributed by atoms with Crippen LogP contribution in [-0.4, -0.2) is 16.9 Å². The van der Waals surface area contributed by atoms with Gasteiger partial charge in [0.1, 0.15) is 6.61 Å². The van der Waals surface area contributed by atoms with Crippen molar-refractivity contribution in [1.29, 1.82) is 0 Å². The van der Waals surface area contributed by atoms with Crippen LogP contribution in [-0.2, 0) is 20.9 Å². The van der Waals surface area contributed by atoms with Gasteiger partial charge in [0.25, 0.3) is 0 Å². The average Bonchev–Trinajstić information content (AvgIpc) is 2.69. The molecule has 0 aliphatic heterocycles. The number of pyridine rings is 1. The van der Waals surface area contributed by atoms with Gasteiger partial charge in [0.05, 0.1) is 17.5 Å². The predicted molar refractivity (Wildman–Crippen MR) is 105 cm³/mol. The Hall–Kier alpha value is -1.62. The normalized spacial score (nSPS) is 18.4. The van der Waals surface area contributed by atoms with Crippen molar-refractivity contribution in [2.75, 3.05) is 0 Å². The number of nitrogens with zero attached hydrogens (tertiary/aromatic N) is 1. The fraction of sp³-hybridized carbons (Fsp3) is 0.667. The summed E-state index contributed by atoms with van der Waals surface area (Å²) >= 11 is 0. The molecule has 2 aliphatic rings. The Bertz CT molecular complexity index is 637. The number of halogens is 1. The molecule has 0 amide bonds. The van der Waals surface area contributed by atoms with Crippen molar-refractivity contribution >= 4 is 24.3 Å². The van der Waals surface area contributed by atoms with E-state index in [0.717, 1.165) is 56.9 Å². The molecule has 3 rings (SSSR count). The first-order chi connectivity index (χ1) is 12.6. The Balaban J connectivity index is 0.00000261. The lowest BCUT2D eigenvalue weighted by Crippen LogP contribution is -2.23. The van der Waals surface area contributed by atoms with Gasteiger partial charge in [0.15, 0.2) is 5.75 Å². The number of aromatic nitrogens is 1. The highest BCUT2D eigenvalue weighted by atomic mass is 35.5. The SMILES string of the molecule is Cc1ncc(COC(=O)C2CCCCC2)cc1OC(=O)C1CCCCC1.Cl. The van der Waals surface area contributed by atoms with Gasteiger partial charge in [0.2, 0.25) is 0 Å². The fourth-order valence-electron chi connectivity index (χ4n) is 3.88. The summed E-state index contributed by atoms with van der Waals surface area (Å²) in [4.78, 5) is 28.8. The second kappa shape index (κ2) is 10.6. The largest absolute Gasteiger partial charge is 0.461 e. The van der Waals surface area contributed by atoms with Crippen LogP contribution in [0.25, 0.3) is 0 Å². The zero-order valence-corrected chi connectivity index (χ0v) is 16.9. The van der Waals surface area contributed by atoms with Crippen molar-refractivity contribution in [3.05, 3.63) is 23.5 Å². The van der Waals surface area contributed by atoms with E-state index in [1.807, 2.05) is 6.92 Å². The van der Waals surface area contributed by atoms with Crippen molar-refractivity contribution in [2.24, 2.45) is 11.8 Å². The lowest BCUT2D eigenvalue weighted by Gasteiger charge is -2.21. The van der Waals surface area contributed by atoms with Gasteiger partial charge in [-0.1, -0.05) is 38.5 Å². The van der Waals surface area contributed by atoms with Crippen LogP contribution in [0, 0.1) is 18.8 Å². The first-order valence-electron chi connectivity index (χ1n) is 9.97. The molecule has 2 aliphatic carbocycles. The highest BCUT2D eigenvalue weighted by molar-refractivity contribution is 5.85. The van der Waals surface area contributed by atoms with E-state index >= 15 is 0 Å². The summed E-state index contributed by atoms with van der Waals surface area (Å²) in [6.07, 6.45) is 12.1. The van der Waals surface area contributed by atoms with Gasteiger partial charge in [-0.05, 0) is 38.7 Å². The maximum absolute atomic E-state index is 12.4. The zero-order chi connectivity index (χ0) is 18.4. The molecule has 1 aromatic heterocycles. The van der Waals surface area contributed by atoms with Crippen LogP contribution in [0.4, 0.5) is 0 Å². The molecule has 0 atom stereocenters. The third-order valence-electron chi connectivity index (χ3n) is 5.57. The number of carbonyl (C=O) groups is 2. The van der Waals surface area contributed by atoms with Crippen LogP contribution in [0.3, 0.4) is 0 Å². The summed E-state index contributed by atoms with van der Waals surface area (Å²) in [6, 6.07) is 1.78. The van der Waals surface area contributed by atoms with Crippen molar-refractivity contribution in [3.63, 3.8) is 0 Å². The van der Waals surface area contributed by atoms with E-state index in [1.54, 1.807) is 12.3 Å². The molecule has 2 saturated carbocycles. The number of ether oxygens (including phenoxy) is 2. The zero-order valence-electron chi connectivity index (χ0n) is 16.1. The first-order valence-corrected chi connectivity index (χ1v) is 9.97. The molecule has 0 bridgehead atoms. The maximum atomic E-state index is 12.4. The summed E-state index contributed by atoms with van der Waals surface area (Å²) in [7, 11) is 0. The smallest absolute Gasteiger partial charge is 0.314 e. The van der Waals surface area contributed by atoms with Gasteiger partial charge in [-0.15, -0.1) is 12.4 Å². The second-order valence-corrected chi connectivity index (χ2v) is 7.63. The van der Waals surface area contributed by atoms with Crippen LogP contribution < -0.4 is 4.74 Å². The van der Waals surface area contributed by atoms with Crippen LogP contribution >= 0.6 is 12.4 Å². The van der Waals surface area contributed by atoms with Crippen molar-refractivity contribution in [1.82, 2.24) is 4.98 Å². The van der Waals surface area contributed by atoms with Crippen molar-refractivity contribution in [2.45, 2.75) is 77.7 Å². The summed E-state index contributed by atoms with van der Waals surface area (Å²) in [6.45, 7) is 2.00. The lowest BCUT2D eigenvalue weighted by molar-refractivity contribution is -0.151. The number of hydrogen-bond donors (Lipinski definition) is 0. The minimum absolute atomic E-state index is 0. The molecule has 0 saturated heterocycles. The van der Waals surface area contributed by atoms with Gasteiger partial charge < -0.3 is 9.47 Å². The molecule has 150 valence electrons. The highest BCUT2D eigenvalue weighted by Gasteiger charge is 2.24. The van der Waals surface area contributed by atoms with Gasteiger partial charge in [0, 0.05) is 11.8 Å². The minimum Gasteiger partial charge on any atom is -0.461 e. The van der Waals surface area contributed by atoms with E-state index in [9.17, 15) is 9.59 Å². The van der Waals surface area contributed by atoms with Crippen LogP contribution in [0.2, 0.25) is 0 Å². The number of aryl methyl sites for hydroxylation is 1. The summed E-state index contributed by atoms with van der Waals surface area (Å²) in [5.41, 5.74) is 1.43. The second-order valence-electron chi connectivity index (χ2n) is 7.63. The first kappa shape index (κ1) is 21.7. The Morgan fingerprint density at radius 1 is 0.963 bits per heavy atom. The Kier molecular flexibility index (Phi) is 8.55. The molecule has 0 radical (unpaired) electrons. The lowest BCUT2D eigenvalue weighted by atomic mass is 9.89. The van der Waals surface area contributed by atoms with E-state index in [4.69, 9.17) is 9.47 Å². The van der Waals surface area contributed by atoms with E-state index < -0.39 is 0 Å². The topological polar surface area (TPSA) is 65.5 Å². The van der Waals surface area contributed by atoms with Crippen LogP contribution in [0.15, 0.2) is 12.3 Å². The molecular formula is C21H30ClNO4. The number of rotatable bonds is 5. The molecular weight excluding hydrogens is 366 g/mol. The van der Waals surface area contributed by atoms with Gasteiger partial charge in [-0.25, -0.2) is 0 Å². The third kappa shape index (κ3) is 6.20. The number of carbonyl (C=O) groups excluding carboxylic acids is 2. The monoisotopic (exact) mass is 395 g/mol. The van der Waals surface area contributed by atoms with Crippen molar-refractivity contribution in [3.8, 4) is 5.75 Å². The molecule has 0 aromatic carbocycles. The van der Waals surface area contributed by atoms with Crippen LogP contribution in [0.5, 0.6) is 5.75 Å².